The zero-order valence-corrected chi connectivity index (χ0v) is 46.9. The molecular weight excluding hydrogens is 993 g/mol. The molecular formula is C62H84N4O12. The molecule has 1 N–H and O–H groups in total. The Morgan fingerprint density at radius 2 is 0.667 bits per heavy atom. The first-order chi connectivity index (χ1) is 37.7. The zero-order chi connectivity index (χ0) is 57.4. The van der Waals surface area contributed by atoms with E-state index in [0.717, 1.165) is 61.5 Å². The molecule has 0 amide bonds. The second kappa shape index (κ2) is 38.6. The Bertz CT molecular complexity index is 2150. The predicted octanol–water partition coefficient (Wildman–Crippen LogP) is 10.5. The van der Waals surface area contributed by atoms with Crippen LogP contribution in [-0.4, -0.2) is 121 Å². The standard InChI is InChI=1S/C39H53N3O6.C15H20O6.C8H11N/c1-5-39(30-46-36(43)24-27-40(6-2)33-18-12-9-13-19-33,31-47-37(44)25-28-41(7-3)34-20-14-10-15-21-34)32-48-38(45)26-29-42(8-4)35-22-16-11-17-23-35;1-5-12(16)19-9-15(8-4,10-20-13(17)6-2)11-21-14(18)7-3;1-2-9-8-6-4-3-5-7-8/h9-23H,5-8,24-32H2,1-4H3;5-7H,1-3,8-11H2,4H3;3-7,9H,2H2,1H3. The topological polar surface area (TPSA) is 180 Å². The third kappa shape index (κ3) is 26.3. The fourth-order valence-electron chi connectivity index (χ4n) is 7.39. The Labute approximate surface area is 463 Å². The van der Waals surface area contributed by atoms with E-state index in [1.54, 1.807) is 6.92 Å². The van der Waals surface area contributed by atoms with Crippen molar-refractivity contribution in [3.05, 3.63) is 159 Å². The van der Waals surface area contributed by atoms with Crippen molar-refractivity contribution < 1.29 is 57.2 Å². The van der Waals surface area contributed by atoms with Gasteiger partial charge >= 0.3 is 35.8 Å². The normalized spacial score (nSPS) is 10.5. The third-order valence-electron chi connectivity index (χ3n) is 12.6. The van der Waals surface area contributed by atoms with Gasteiger partial charge in [0.25, 0.3) is 0 Å². The van der Waals surface area contributed by atoms with Crippen LogP contribution in [0.4, 0.5) is 22.7 Å². The molecule has 0 aliphatic rings. The van der Waals surface area contributed by atoms with Gasteiger partial charge in [0.2, 0.25) is 0 Å². The number of ether oxygens (including phenoxy) is 6. The van der Waals surface area contributed by atoms with E-state index >= 15 is 0 Å². The largest absolute Gasteiger partial charge is 0.465 e. The number of para-hydroxylation sites is 4. The van der Waals surface area contributed by atoms with Crippen molar-refractivity contribution in [1.82, 2.24) is 0 Å². The molecule has 0 saturated heterocycles. The maximum atomic E-state index is 12.9. The Kier molecular flexibility index (Phi) is 32.8. The summed E-state index contributed by atoms with van der Waals surface area (Å²) in [5.41, 5.74) is 2.60. The molecule has 0 spiro atoms. The molecule has 424 valence electrons. The Morgan fingerprint density at radius 3 is 0.897 bits per heavy atom. The van der Waals surface area contributed by atoms with Gasteiger partial charge in [0.05, 0.1) is 30.1 Å². The Balaban J connectivity index is 0.000000566. The van der Waals surface area contributed by atoms with Crippen LogP contribution < -0.4 is 20.0 Å². The van der Waals surface area contributed by atoms with Gasteiger partial charge in [-0.25, -0.2) is 14.4 Å². The lowest BCUT2D eigenvalue weighted by atomic mass is 9.88. The Morgan fingerprint density at radius 1 is 0.410 bits per heavy atom. The first-order valence-electron chi connectivity index (χ1n) is 26.7. The maximum absolute atomic E-state index is 12.9. The second-order valence-electron chi connectivity index (χ2n) is 18.0. The van der Waals surface area contributed by atoms with Crippen molar-refractivity contribution in [2.75, 3.05) is 105 Å². The van der Waals surface area contributed by atoms with Gasteiger partial charge in [-0.15, -0.1) is 0 Å². The van der Waals surface area contributed by atoms with Gasteiger partial charge in [-0.1, -0.05) is 106 Å². The maximum Gasteiger partial charge on any atom is 0.330 e. The number of hydrogen-bond acceptors (Lipinski definition) is 16. The van der Waals surface area contributed by atoms with Gasteiger partial charge in [-0.05, 0) is 89.1 Å². The zero-order valence-electron chi connectivity index (χ0n) is 46.9. The van der Waals surface area contributed by atoms with Crippen molar-refractivity contribution in [2.45, 2.75) is 73.6 Å². The van der Waals surface area contributed by atoms with Crippen LogP contribution in [0.3, 0.4) is 0 Å². The van der Waals surface area contributed by atoms with E-state index in [2.05, 4.69) is 58.8 Å². The molecule has 0 heterocycles. The average Bonchev–Trinajstić information content (AvgIpc) is 3.48. The number of rotatable bonds is 34. The van der Waals surface area contributed by atoms with Gasteiger partial charge in [-0.2, -0.15) is 0 Å². The van der Waals surface area contributed by atoms with Crippen LogP contribution in [0, 0.1) is 10.8 Å². The lowest BCUT2D eigenvalue weighted by Gasteiger charge is -2.31. The van der Waals surface area contributed by atoms with Crippen LogP contribution in [0.1, 0.15) is 73.6 Å². The molecule has 0 atom stereocenters. The van der Waals surface area contributed by atoms with Crippen molar-refractivity contribution in [1.29, 1.82) is 0 Å². The van der Waals surface area contributed by atoms with Crippen molar-refractivity contribution in [3.8, 4) is 0 Å². The molecule has 0 aliphatic carbocycles. The molecule has 4 aromatic rings. The van der Waals surface area contributed by atoms with Crippen molar-refractivity contribution >= 4 is 58.6 Å². The summed E-state index contributed by atoms with van der Waals surface area (Å²) in [4.78, 5) is 78.7. The molecule has 78 heavy (non-hydrogen) atoms. The Hall–Kier alpha value is -7.88. The SMILES string of the molecule is C=CC(=O)OCC(CC)(COC(=O)C=C)COC(=O)C=C.CCN(CCC(=O)OCC(CC)(COC(=O)CCN(CC)c1ccccc1)COC(=O)CCN(CC)c1ccccc1)c1ccccc1.CCNc1ccccc1. The minimum Gasteiger partial charge on any atom is -0.465 e. The minimum absolute atomic E-state index is 0.0312. The summed E-state index contributed by atoms with van der Waals surface area (Å²) in [6.07, 6.45) is 4.57. The van der Waals surface area contributed by atoms with Gasteiger partial charge in [-0.3, -0.25) is 14.4 Å². The van der Waals surface area contributed by atoms with Gasteiger partial charge in [0.1, 0.15) is 39.6 Å². The first-order valence-corrected chi connectivity index (χ1v) is 26.7. The summed E-state index contributed by atoms with van der Waals surface area (Å²) >= 11 is 0. The van der Waals surface area contributed by atoms with Crippen molar-refractivity contribution in [2.24, 2.45) is 10.8 Å². The number of anilines is 4. The first kappa shape index (κ1) is 66.2. The molecule has 0 radical (unpaired) electrons. The number of esters is 6. The van der Waals surface area contributed by atoms with Crippen LogP contribution in [-0.2, 0) is 57.2 Å². The number of benzene rings is 4. The van der Waals surface area contributed by atoms with E-state index in [-0.39, 0.29) is 76.8 Å². The predicted molar refractivity (Wildman–Crippen MR) is 309 cm³/mol. The number of carbonyl (C=O) groups excluding carboxylic acids is 6. The lowest BCUT2D eigenvalue weighted by Crippen LogP contribution is -2.40. The van der Waals surface area contributed by atoms with Gasteiger partial charge in [0.15, 0.2) is 0 Å². The molecule has 0 aliphatic heterocycles. The number of nitrogens with zero attached hydrogens (tertiary/aromatic N) is 3. The molecule has 0 saturated carbocycles. The second-order valence-corrected chi connectivity index (χ2v) is 18.0. The van der Waals surface area contributed by atoms with E-state index in [1.807, 2.05) is 137 Å². The van der Waals surface area contributed by atoms with E-state index in [4.69, 9.17) is 28.4 Å². The fourth-order valence-corrected chi connectivity index (χ4v) is 7.39. The minimum atomic E-state index is -0.876. The highest BCUT2D eigenvalue weighted by atomic mass is 16.6. The summed E-state index contributed by atoms with van der Waals surface area (Å²) in [5, 5.41) is 3.21. The summed E-state index contributed by atoms with van der Waals surface area (Å²) in [6, 6.07) is 40.0. The molecule has 0 fully saturated rings. The van der Waals surface area contributed by atoms with Gasteiger partial charge < -0.3 is 48.4 Å². The average molecular weight is 1080 g/mol. The highest BCUT2D eigenvalue weighted by Gasteiger charge is 2.35. The summed E-state index contributed by atoms with van der Waals surface area (Å²) in [6.45, 7) is 26.2. The van der Waals surface area contributed by atoms with E-state index in [1.165, 1.54) is 5.69 Å². The highest BCUT2D eigenvalue weighted by molar-refractivity contribution is 5.82. The molecule has 4 rings (SSSR count). The van der Waals surface area contributed by atoms with Gasteiger partial charge in [0, 0.05) is 86.8 Å². The molecule has 0 bridgehead atoms. The van der Waals surface area contributed by atoms with Crippen LogP contribution in [0.15, 0.2) is 159 Å². The van der Waals surface area contributed by atoms with E-state index < -0.39 is 28.7 Å². The highest BCUT2D eigenvalue weighted by Crippen LogP contribution is 2.27. The molecule has 16 nitrogen and oxygen atoms in total. The molecule has 0 aromatic heterocycles. The van der Waals surface area contributed by atoms with Crippen LogP contribution in [0.5, 0.6) is 0 Å². The number of nitrogens with one attached hydrogen (secondary N) is 1. The van der Waals surface area contributed by atoms with Crippen LogP contribution in [0.25, 0.3) is 0 Å². The van der Waals surface area contributed by atoms with Crippen molar-refractivity contribution in [3.63, 3.8) is 0 Å². The van der Waals surface area contributed by atoms with E-state index in [0.29, 0.717) is 32.5 Å². The monoisotopic (exact) mass is 1080 g/mol. The van der Waals surface area contributed by atoms with Crippen LogP contribution in [0.2, 0.25) is 0 Å². The summed E-state index contributed by atoms with van der Waals surface area (Å²) in [7, 11) is 0. The molecule has 0 unspecified atom stereocenters. The van der Waals surface area contributed by atoms with E-state index in [9.17, 15) is 28.8 Å². The number of carbonyl (C=O) groups is 6. The molecule has 16 heteroatoms. The summed E-state index contributed by atoms with van der Waals surface area (Å²) < 4.78 is 32.3. The molecule has 4 aromatic carbocycles. The summed E-state index contributed by atoms with van der Waals surface area (Å²) in [5.74, 6) is -2.91. The number of hydrogen-bond donors (Lipinski definition) is 1. The quantitative estimate of drug-likeness (QED) is 0.0265. The third-order valence-corrected chi connectivity index (χ3v) is 12.6. The smallest absolute Gasteiger partial charge is 0.330 e. The van der Waals surface area contributed by atoms with Crippen LogP contribution >= 0.6 is 0 Å². The fraction of sp³-hybridized carbons (Fsp3) is 0.419. The lowest BCUT2D eigenvalue weighted by molar-refractivity contribution is -0.163.